The van der Waals surface area contributed by atoms with Crippen LogP contribution in [0.3, 0.4) is 0 Å². The van der Waals surface area contributed by atoms with Crippen LogP contribution in [0.25, 0.3) is 0 Å². The smallest absolute Gasteiger partial charge is 0.0454 e. The van der Waals surface area contributed by atoms with E-state index in [0.717, 1.165) is 28.9 Å². The Bertz CT molecular complexity index is 368. The highest BCUT2D eigenvalue weighted by Crippen LogP contribution is 2.31. The molecule has 0 heterocycles. The molecule has 0 saturated heterocycles. The zero-order valence-electron chi connectivity index (χ0n) is 11.5. The number of hydrogen-bond donors (Lipinski definition) is 1. The molecule has 0 saturated carbocycles. The summed E-state index contributed by atoms with van der Waals surface area (Å²) >= 11 is 9.87. The highest BCUT2D eigenvalue weighted by molar-refractivity contribution is 9.10. The highest BCUT2D eigenvalue weighted by Gasteiger charge is 2.16. The number of benzene rings is 1. The normalized spacial score (nSPS) is 14.5. The van der Waals surface area contributed by atoms with Gasteiger partial charge in [0.1, 0.15) is 0 Å². The van der Waals surface area contributed by atoms with Gasteiger partial charge in [-0.1, -0.05) is 54.7 Å². The molecule has 1 N–H and O–H groups in total. The summed E-state index contributed by atoms with van der Waals surface area (Å²) in [6.07, 6.45) is 3.48. The standard InChI is InChI=1S/C15H23BrClN/c1-4-8-18-15(9-11(3)5-2)13-10-12(16)6-7-14(13)17/h6-7,10-11,15,18H,4-5,8-9H2,1-3H3. The van der Waals surface area contributed by atoms with Crippen LogP contribution >= 0.6 is 27.5 Å². The van der Waals surface area contributed by atoms with Gasteiger partial charge in [-0.05, 0) is 49.1 Å². The van der Waals surface area contributed by atoms with Crippen molar-refractivity contribution < 1.29 is 0 Å². The van der Waals surface area contributed by atoms with E-state index in [4.69, 9.17) is 11.6 Å². The molecule has 0 aliphatic carbocycles. The molecule has 0 aromatic heterocycles. The lowest BCUT2D eigenvalue weighted by molar-refractivity contribution is 0.402. The lowest BCUT2D eigenvalue weighted by Gasteiger charge is -2.23. The van der Waals surface area contributed by atoms with Crippen molar-refractivity contribution in [1.29, 1.82) is 0 Å². The van der Waals surface area contributed by atoms with Crippen LogP contribution in [0.5, 0.6) is 0 Å². The molecule has 0 aliphatic heterocycles. The molecule has 2 atom stereocenters. The minimum absolute atomic E-state index is 0.352. The predicted molar refractivity (Wildman–Crippen MR) is 84.3 cm³/mol. The Morgan fingerprint density at radius 1 is 1.33 bits per heavy atom. The molecule has 1 aromatic rings. The quantitative estimate of drug-likeness (QED) is 0.687. The second kappa shape index (κ2) is 8.19. The summed E-state index contributed by atoms with van der Waals surface area (Å²) in [7, 11) is 0. The van der Waals surface area contributed by atoms with E-state index in [9.17, 15) is 0 Å². The molecule has 0 fully saturated rings. The van der Waals surface area contributed by atoms with Crippen molar-refractivity contribution in [2.24, 2.45) is 5.92 Å². The minimum atomic E-state index is 0.352. The predicted octanol–water partition coefficient (Wildman–Crippen LogP) is 5.58. The van der Waals surface area contributed by atoms with Crippen LogP contribution in [0, 0.1) is 5.92 Å². The third kappa shape index (κ3) is 4.91. The van der Waals surface area contributed by atoms with Gasteiger partial charge < -0.3 is 5.32 Å². The van der Waals surface area contributed by atoms with Crippen molar-refractivity contribution in [1.82, 2.24) is 5.32 Å². The van der Waals surface area contributed by atoms with Gasteiger partial charge in [-0.15, -0.1) is 0 Å². The van der Waals surface area contributed by atoms with Gasteiger partial charge in [-0.25, -0.2) is 0 Å². The van der Waals surface area contributed by atoms with Crippen molar-refractivity contribution in [3.05, 3.63) is 33.3 Å². The molecule has 0 radical (unpaired) electrons. The molecule has 1 nitrogen and oxygen atoms in total. The first-order chi connectivity index (χ1) is 8.58. The topological polar surface area (TPSA) is 12.0 Å². The molecule has 102 valence electrons. The molecule has 1 rings (SSSR count). The van der Waals surface area contributed by atoms with Crippen LogP contribution in [0.15, 0.2) is 22.7 Å². The van der Waals surface area contributed by atoms with Crippen molar-refractivity contribution in [2.45, 2.75) is 46.1 Å². The summed E-state index contributed by atoms with van der Waals surface area (Å²) in [6, 6.07) is 6.45. The first kappa shape index (κ1) is 16.0. The summed E-state index contributed by atoms with van der Waals surface area (Å²) in [5.41, 5.74) is 1.21. The molecule has 0 bridgehead atoms. The Morgan fingerprint density at radius 2 is 2.06 bits per heavy atom. The van der Waals surface area contributed by atoms with Gasteiger partial charge in [0.25, 0.3) is 0 Å². The van der Waals surface area contributed by atoms with E-state index in [-0.39, 0.29) is 0 Å². The monoisotopic (exact) mass is 331 g/mol. The lowest BCUT2D eigenvalue weighted by atomic mass is 9.94. The highest BCUT2D eigenvalue weighted by atomic mass is 79.9. The average molecular weight is 333 g/mol. The fourth-order valence-corrected chi connectivity index (χ4v) is 2.62. The SMILES string of the molecule is CCCNC(CC(C)CC)c1cc(Br)ccc1Cl. The van der Waals surface area contributed by atoms with Gasteiger partial charge in [0.15, 0.2) is 0 Å². The van der Waals surface area contributed by atoms with Crippen molar-refractivity contribution in [3.63, 3.8) is 0 Å². The van der Waals surface area contributed by atoms with Crippen LogP contribution < -0.4 is 5.32 Å². The second-order valence-electron chi connectivity index (χ2n) is 4.92. The van der Waals surface area contributed by atoms with Gasteiger partial charge in [-0.2, -0.15) is 0 Å². The Hall–Kier alpha value is -0.0500. The third-order valence-corrected chi connectivity index (χ3v) is 4.15. The van der Waals surface area contributed by atoms with Gasteiger partial charge in [0, 0.05) is 15.5 Å². The van der Waals surface area contributed by atoms with Crippen molar-refractivity contribution in [3.8, 4) is 0 Å². The molecule has 18 heavy (non-hydrogen) atoms. The number of hydrogen-bond acceptors (Lipinski definition) is 1. The van der Waals surface area contributed by atoms with Crippen LogP contribution in [0.4, 0.5) is 0 Å². The maximum atomic E-state index is 6.34. The van der Waals surface area contributed by atoms with Gasteiger partial charge in [0.2, 0.25) is 0 Å². The van der Waals surface area contributed by atoms with E-state index in [1.54, 1.807) is 0 Å². The summed E-state index contributed by atoms with van der Waals surface area (Å²) in [5, 5.41) is 4.47. The maximum Gasteiger partial charge on any atom is 0.0454 e. The molecular formula is C15H23BrClN. The largest absolute Gasteiger partial charge is 0.310 e. The molecular weight excluding hydrogens is 310 g/mol. The van der Waals surface area contributed by atoms with E-state index >= 15 is 0 Å². The Balaban J connectivity index is 2.89. The Labute approximate surface area is 124 Å². The zero-order chi connectivity index (χ0) is 13.5. The zero-order valence-corrected chi connectivity index (χ0v) is 13.8. The Morgan fingerprint density at radius 3 is 2.67 bits per heavy atom. The van der Waals surface area contributed by atoms with E-state index in [2.05, 4.69) is 48.1 Å². The molecule has 0 aliphatic rings. The summed E-state index contributed by atoms with van der Waals surface area (Å²) < 4.78 is 1.09. The number of nitrogens with one attached hydrogen (secondary N) is 1. The van der Waals surface area contributed by atoms with Gasteiger partial charge in [-0.3, -0.25) is 0 Å². The molecule has 2 unspecified atom stereocenters. The maximum absolute atomic E-state index is 6.34. The number of halogens is 2. The van der Waals surface area contributed by atoms with E-state index < -0.39 is 0 Å². The molecule has 0 amide bonds. The first-order valence-corrected chi connectivity index (χ1v) is 7.93. The van der Waals surface area contributed by atoms with Crippen molar-refractivity contribution in [2.75, 3.05) is 6.54 Å². The second-order valence-corrected chi connectivity index (χ2v) is 6.24. The lowest BCUT2D eigenvalue weighted by Crippen LogP contribution is -2.24. The van der Waals surface area contributed by atoms with Crippen LogP contribution in [0.2, 0.25) is 5.02 Å². The molecule has 1 aromatic carbocycles. The van der Waals surface area contributed by atoms with Crippen LogP contribution in [0.1, 0.15) is 51.6 Å². The summed E-state index contributed by atoms with van der Waals surface area (Å²) in [6.45, 7) is 7.76. The summed E-state index contributed by atoms with van der Waals surface area (Å²) in [5.74, 6) is 0.703. The Kier molecular flexibility index (Phi) is 7.28. The fraction of sp³-hybridized carbons (Fsp3) is 0.600. The van der Waals surface area contributed by atoms with Crippen molar-refractivity contribution >= 4 is 27.5 Å². The molecule has 3 heteroatoms. The molecule has 0 spiro atoms. The van der Waals surface area contributed by atoms with Gasteiger partial charge in [0.05, 0.1) is 0 Å². The summed E-state index contributed by atoms with van der Waals surface area (Å²) in [4.78, 5) is 0. The van der Waals surface area contributed by atoms with E-state index in [0.29, 0.717) is 12.0 Å². The average Bonchev–Trinajstić information content (AvgIpc) is 2.37. The van der Waals surface area contributed by atoms with Crippen LogP contribution in [-0.2, 0) is 0 Å². The first-order valence-electron chi connectivity index (χ1n) is 6.76. The third-order valence-electron chi connectivity index (χ3n) is 3.31. The minimum Gasteiger partial charge on any atom is -0.310 e. The number of rotatable bonds is 7. The van der Waals surface area contributed by atoms with Crippen LogP contribution in [-0.4, -0.2) is 6.54 Å². The fourth-order valence-electron chi connectivity index (χ4n) is 1.99. The van der Waals surface area contributed by atoms with E-state index in [1.165, 1.54) is 12.0 Å². The van der Waals surface area contributed by atoms with Gasteiger partial charge >= 0.3 is 0 Å². The van der Waals surface area contributed by atoms with E-state index in [1.807, 2.05) is 12.1 Å².